The Bertz CT molecular complexity index is 507. The molecule has 0 bridgehead atoms. The highest BCUT2D eigenvalue weighted by Crippen LogP contribution is 2.29. The highest BCUT2D eigenvalue weighted by Gasteiger charge is 2.25. The van der Waals surface area contributed by atoms with Crippen molar-refractivity contribution in [1.29, 1.82) is 0 Å². The lowest BCUT2D eigenvalue weighted by Gasteiger charge is -2.18. The van der Waals surface area contributed by atoms with E-state index in [4.69, 9.17) is 5.73 Å². The van der Waals surface area contributed by atoms with E-state index in [-0.39, 0.29) is 0 Å². The summed E-state index contributed by atoms with van der Waals surface area (Å²) in [7, 11) is 0. The molecule has 0 radical (unpaired) electrons. The fourth-order valence-corrected chi connectivity index (χ4v) is 3.11. The molecule has 0 amide bonds. The van der Waals surface area contributed by atoms with E-state index in [1.807, 2.05) is 0 Å². The van der Waals surface area contributed by atoms with Gasteiger partial charge in [0.25, 0.3) is 0 Å². The molecule has 0 saturated heterocycles. The molecule has 19 heavy (non-hydrogen) atoms. The van der Waals surface area contributed by atoms with Gasteiger partial charge in [-0.25, -0.2) is 0 Å². The minimum Gasteiger partial charge on any atom is -0.327 e. The van der Waals surface area contributed by atoms with E-state index in [2.05, 4.69) is 54.6 Å². The molecule has 3 rings (SSSR count). The maximum Gasteiger partial charge on any atom is 0.00766 e. The van der Waals surface area contributed by atoms with Crippen LogP contribution < -0.4 is 5.73 Å². The molecular weight excluding hydrogens is 230 g/mol. The monoisotopic (exact) mass is 251 g/mol. The number of nitrogens with two attached hydrogens (primary N) is 1. The number of hydrogen-bond donors (Lipinski definition) is 1. The quantitative estimate of drug-likeness (QED) is 0.886. The Balaban J connectivity index is 1.57. The molecule has 1 aliphatic carbocycles. The lowest BCUT2D eigenvalue weighted by atomic mass is 9.92. The van der Waals surface area contributed by atoms with Gasteiger partial charge in [-0.05, 0) is 48.3 Å². The molecule has 1 nitrogen and oxygen atoms in total. The first-order chi connectivity index (χ1) is 9.33. The Kier molecular flexibility index (Phi) is 3.65. The van der Waals surface area contributed by atoms with E-state index < -0.39 is 0 Å². The van der Waals surface area contributed by atoms with Gasteiger partial charge in [0.15, 0.2) is 0 Å². The summed E-state index contributed by atoms with van der Waals surface area (Å²) < 4.78 is 0. The van der Waals surface area contributed by atoms with Crippen LogP contribution in [0.5, 0.6) is 0 Å². The van der Waals surface area contributed by atoms with Gasteiger partial charge in [-0.2, -0.15) is 0 Å². The third-order valence-electron chi connectivity index (χ3n) is 4.30. The molecule has 98 valence electrons. The molecular formula is C18H21N. The molecule has 1 atom stereocenters. The van der Waals surface area contributed by atoms with Crippen LogP contribution in [-0.4, -0.2) is 6.04 Å². The van der Waals surface area contributed by atoms with Gasteiger partial charge >= 0.3 is 0 Å². The summed E-state index contributed by atoms with van der Waals surface area (Å²) in [5.74, 6) is 0.626. The van der Waals surface area contributed by atoms with E-state index in [0.29, 0.717) is 12.0 Å². The van der Waals surface area contributed by atoms with Crippen LogP contribution in [0.3, 0.4) is 0 Å². The standard InChI is InChI=1S/C18H21N/c19-18(11-10-14-6-2-1-3-7-14)17-12-15-8-4-5-9-16(15)13-17/h1-9,17-18H,10-13,19H2. The van der Waals surface area contributed by atoms with Crippen molar-refractivity contribution in [3.8, 4) is 0 Å². The lowest BCUT2D eigenvalue weighted by molar-refractivity contribution is 0.417. The molecule has 0 aromatic heterocycles. The Morgan fingerprint density at radius 1 is 0.895 bits per heavy atom. The largest absolute Gasteiger partial charge is 0.327 e. The minimum atomic E-state index is 0.313. The molecule has 0 heterocycles. The minimum absolute atomic E-state index is 0.313. The Hall–Kier alpha value is -1.60. The second-order valence-electron chi connectivity index (χ2n) is 5.63. The van der Waals surface area contributed by atoms with Crippen LogP contribution in [0.1, 0.15) is 23.1 Å². The Morgan fingerprint density at radius 2 is 1.47 bits per heavy atom. The predicted molar refractivity (Wildman–Crippen MR) is 80.1 cm³/mol. The zero-order valence-electron chi connectivity index (χ0n) is 11.3. The first kappa shape index (κ1) is 12.4. The summed E-state index contributed by atoms with van der Waals surface area (Å²) in [6.45, 7) is 0. The van der Waals surface area contributed by atoms with E-state index in [9.17, 15) is 0 Å². The maximum atomic E-state index is 6.41. The molecule has 0 aliphatic heterocycles. The Labute approximate surface area is 115 Å². The van der Waals surface area contributed by atoms with Gasteiger partial charge in [0.05, 0.1) is 0 Å². The molecule has 0 spiro atoms. The number of fused-ring (bicyclic) bond motifs is 1. The van der Waals surface area contributed by atoms with Crippen LogP contribution in [0.4, 0.5) is 0 Å². The number of aryl methyl sites for hydroxylation is 1. The summed E-state index contributed by atoms with van der Waals surface area (Å²) >= 11 is 0. The summed E-state index contributed by atoms with van der Waals surface area (Å²) in [4.78, 5) is 0. The normalized spacial score (nSPS) is 16.3. The van der Waals surface area contributed by atoms with Gasteiger partial charge in [0.1, 0.15) is 0 Å². The van der Waals surface area contributed by atoms with Crippen LogP contribution in [0.2, 0.25) is 0 Å². The summed E-state index contributed by atoms with van der Waals surface area (Å²) in [5.41, 5.74) is 10.8. The molecule has 1 unspecified atom stereocenters. The zero-order valence-corrected chi connectivity index (χ0v) is 11.3. The van der Waals surface area contributed by atoms with Crippen LogP contribution >= 0.6 is 0 Å². The molecule has 1 aliphatic rings. The SMILES string of the molecule is NC(CCc1ccccc1)C1Cc2ccccc2C1. The number of hydrogen-bond acceptors (Lipinski definition) is 1. The molecule has 1 heteroatoms. The van der Waals surface area contributed by atoms with Gasteiger partial charge in [-0.15, -0.1) is 0 Å². The van der Waals surface area contributed by atoms with E-state index in [0.717, 1.165) is 25.7 Å². The van der Waals surface area contributed by atoms with E-state index >= 15 is 0 Å². The first-order valence-electron chi connectivity index (χ1n) is 7.19. The fraction of sp³-hybridized carbons (Fsp3) is 0.333. The number of rotatable bonds is 4. The third kappa shape index (κ3) is 2.87. The van der Waals surface area contributed by atoms with E-state index in [1.165, 1.54) is 16.7 Å². The zero-order chi connectivity index (χ0) is 13.1. The van der Waals surface area contributed by atoms with Crippen molar-refractivity contribution in [3.05, 3.63) is 71.3 Å². The second kappa shape index (κ2) is 5.58. The number of benzene rings is 2. The third-order valence-corrected chi connectivity index (χ3v) is 4.30. The van der Waals surface area contributed by atoms with Crippen LogP contribution in [0, 0.1) is 5.92 Å². The van der Waals surface area contributed by atoms with Crippen molar-refractivity contribution in [2.45, 2.75) is 31.7 Å². The van der Waals surface area contributed by atoms with E-state index in [1.54, 1.807) is 0 Å². The molecule has 0 saturated carbocycles. The predicted octanol–water partition coefficient (Wildman–Crippen LogP) is 3.36. The molecule has 2 N–H and O–H groups in total. The summed E-state index contributed by atoms with van der Waals surface area (Å²) in [6, 6.07) is 19.7. The summed E-state index contributed by atoms with van der Waals surface area (Å²) in [5, 5.41) is 0. The van der Waals surface area contributed by atoms with Crippen molar-refractivity contribution in [1.82, 2.24) is 0 Å². The lowest BCUT2D eigenvalue weighted by Crippen LogP contribution is -2.31. The van der Waals surface area contributed by atoms with Gasteiger partial charge in [-0.3, -0.25) is 0 Å². The van der Waals surface area contributed by atoms with Crippen LogP contribution in [0.25, 0.3) is 0 Å². The van der Waals surface area contributed by atoms with Crippen LogP contribution in [0.15, 0.2) is 54.6 Å². The van der Waals surface area contributed by atoms with Crippen molar-refractivity contribution in [2.75, 3.05) is 0 Å². The smallest absolute Gasteiger partial charge is 0.00766 e. The van der Waals surface area contributed by atoms with Crippen molar-refractivity contribution in [2.24, 2.45) is 11.7 Å². The van der Waals surface area contributed by atoms with Crippen molar-refractivity contribution >= 4 is 0 Å². The average molecular weight is 251 g/mol. The van der Waals surface area contributed by atoms with Crippen molar-refractivity contribution in [3.63, 3.8) is 0 Å². The van der Waals surface area contributed by atoms with Crippen molar-refractivity contribution < 1.29 is 0 Å². The van der Waals surface area contributed by atoms with Gasteiger partial charge in [-0.1, -0.05) is 54.6 Å². The highest BCUT2D eigenvalue weighted by molar-refractivity contribution is 5.32. The Morgan fingerprint density at radius 3 is 2.11 bits per heavy atom. The second-order valence-corrected chi connectivity index (χ2v) is 5.63. The van der Waals surface area contributed by atoms with Gasteiger partial charge in [0.2, 0.25) is 0 Å². The van der Waals surface area contributed by atoms with Crippen LogP contribution in [-0.2, 0) is 19.3 Å². The molecule has 2 aromatic rings. The maximum absolute atomic E-state index is 6.41. The molecule has 2 aromatic carbocycles. The first-order valence-corrected chi connectivity index (χ1v) is 7.19. The topological polar surface area (TPSA) is 26.0 Å². The van der Waals surface area contributed by atoms with Gasteiger partial charge < -0.3 is 5.73 Å². The van der Waals surface area contributed by atoms with Gasteiger partial charge in [0, 0.05) is 6.04 Å². The summed E-state index contributed by atoms with van der Waals surface area (Å²) in [6.07, 6.45) is 4.50. The average Bonchev–Trinajstić information content (AvgIpc) is 2.90. The molecule has 0 fully saturated rings. The highest BCUT2D eigenvalue weighted by atomic mass is 14.7. The fourth-order valence-electron chi connectivity index (χ4n) is 3.11.